The van der Waals surface area contributed by atoms with E-state index in [9.17, 15) is 4.79 Å². The molecule has 2 rings (SSSR count). The fourth-order valence-electron chi connectivity index (χ4n) is 2.30. The maximum atomic E-state index is 12.4. The smallest absolute Gasteiger partial charge is 0.254 e. The Balaban J connectivity index is 2.10. The largest absolute Gasteiger partial charge is 0.338 e. The first kappa shape index (κ1) is 14.1. The minimum Gasteiger partial charge on any atom is -0.338 e. The number of nitrogens with zero attached hydrogens (tertiary/aromatic N) is 1. The Labute approximate surface area is 126 Å². The van der Waals surface area contributed by atoms with E-state index in [-0.39, 0.29) is 5.91 Å². The Morgan fingerprint density at radius 3 is 3.11 bits per heavy atom. The molecule has 0 saturated carbocycles. The van der Waals surface area contributed by atoms with Gasteiger partial charge in [0.25, 0.3) is 5.91 Å². The molecule has 1 unspecified atom stereocenters. The predicted octanol–water partition coefficient (Wildman–Crippen LogP) is 2.63. The average Bonchev–Trinajstić information content (AvgIpc) is 2.80. The van der Waals surface area contributed by atoms with Crippen LogP contribution in [0.15, 0.2) is 18.2 Å². The van der Waals surface area contributed by atoms with Gasteiger partial charge in [-0.05, 0) is 66.7 Å². The van der Waals surface area contributed by atoms with Gasteiger partial charge in [-0.2, -0.15) is 0 Å². The van der Waals surface area contributed by atoms with Crippen molar-refractivity contribution < 1.29 is 4.79 Å². The number of benzene rings is 1. The Morgan fingerprint density at radius 2 is 2.39 bits per heavy atom. The van der Waals surface area contributed by atoms with Gasteiger partial charge in [0, 0.05) is 21.7 Å². The normalized spacial score (nSPS) is 19.3. The molecule has 1 N–H and O–H groups in total. The lowest BCUT2D eigenvalue weighted by Gasteiger charge is -2.17. The topological polar surface area (TPSA) is 32.3 Å². The van der Waals surface area contributed by atoms with Gasteiger partial charge in [-0.15, -0.1) is 0 Å². The van der Waals surface area contributed by atoms with E-state index in [4.69, 9.17) is 11.6 Å². The molecule has 1 heterocycles. The first-order valence-electron chi connectivity index (χ1n) is 6.00. The van der Waals surface area contributed by atoms with Crippen LogP contribution < -0.4 is 5.32 Å². The van der Waals surface area contributed by atoms with Crippen molar-refractivity contribution >= 4 is 40.1 Å². The van der Waals surface area contributed by atoms with Gasteiger partial charge < -0.3 is 10.2 Å². The van der Waals surface area contributed by atoms with Crippen molar-refractivity contribution in [2.75, 3.05) is 26.7 Å². The average molecular weight is 379 g/mol. The molecule has 1 fully saturated rings. The molecule has 18 heavy (non-hydrogen) atoms. The van der Waals surface area contributed by atoms with Crippen LogP contribution in [0.3, 0.4) is 0 Å². The lowest BCUT2D eigenvalue weighted by Crippen LogP contribution is -2.30. The van der Waals surface area contributed by atoms with E-state index in [0.717, 1.165) is 29.6 Å². The molecule has 0 radical (unpaired) electrons. The van der Waals surface area contributed by atoms with Crippen molar-refractivity contribution in [3.63, 3.8) is 0 Å². The molecule has 0 bridgehead atoms. The SMILES string of the molecule is CNCC1CCN(C(=O)c2cc(Cl)ccc2I)C1. The first-order valence-corrected chi connectivity index (χ1v) is 7.46. The molecule has 3 nitrogen and oxygen atoms in total. The van der Waals surface area contributed by atoms with Crippen LogP contribution in [0, 0.1) is 9.49 Å². The number of rotatable bonds is 3. The fraction of sp³-hybridized carbons (Fsp3) is 0.462. The molecule has 1 amide bonds. The first-order chi connectivity index (χ1) is 8.61. The van der Waals surface area contributed by atoms with Crippen molar-refractivity contribution in [2.45, 2.75) is 6.42 Å². The number of amides is 1. The van der Waals surface area contributed by atoms with Crippen LogP contribution in [0.1, 0.15) is 16.8 Å². The van der Waals surface area contributed by atoms with E-state index < -0.39 is 0 Å². The molecule has 1 saturated heterocycles. The Kier molecular flexibility index (Phi) is 4.86. The summed E-state index contributed by atoms with van der Waals surface area (Å²) in [5, 5.41) is 3.78. The molecule has 1 atom stereocenters. The van der Waals surface area contributed by atoms with Gasteiger partial charge in [-0.1, -0.05) is 11.6 Å². The lowest BCUT2D eigenvalue weighted by atomic mass is 10.1. The van der Waals surface area contributed by atoms with E-state index in [1.807, 2.05) is 24.1 Å². The monoisotopic (exact) mass is 378 g/mol. The van der Waals surface area contributed by atoms with Crippen molar-refractivity contribution in [1.29, 1.82) is 0 Å². The second-order valence-electron chi connectivity index (χ2n) is 4.59. The Morgan fingerprint density at radius 1 is 1.61 bits per heavy atom. The van der Waals surface area contributed by atoms with E-state index >= 15 is 0 Å². The number of likely N-dealkylation sites (tertiary alicyclic amines) is 1. The van der Waals surface area contributed by atoms with Crippen molar-refractivity contribution in [2.24, 2.45) is 5.92 Å². The highest BCUT2D eigenvalue weighted by atomic mass is 127. The molecule has 1 aromatic carbocycles. The van der Waals surface area contributed by atoms with E-state index in [1.165, 1.54) is 0 Å². The number of nitrogens with one attached hydrogen (secondary N) is 1. The van der Waals surface area contributed by atoms with Crippen LogP contribution in [0.4, 0.5) is 0 Å². The summed E-state index contributed by atoms with van der Waals surface area (Å²) in [6.45, 7) is 2.65. The predicted molar refractivity (Wildman–Crippen MR) is 82.1 cm³/mol. The maximum absolute atomic E-state index is 12.4. The number of hydrogen-bond donors (Lipinski definition) is 1. The van der Waals surface area contributed by atoms with Gasteiger partial charge in [-0.3, -0.25) is 4.79 Å². The summed E-state index contributed by atoms with van der Waals surface area (Å²) in [7, 11) is 1.95. The minimum absolute atomic E-state index is 0.0977. The highest BCUT2D eigenvalue weighted by Crippen LogP contribution is 2.23. The fourth-order valence-corrected chi connectivity index (χ4v) is 3.04. The zero-order valence-electron chi connectivity index (χ0n) is 10.2. The standard InChI is InChI=1S/C13H16ClIN2O/c1-16-7-9-4-5-17(8-9)13(18)11-6-10(14)2-3-12(11)15/h2-3,6,9,16H,4-5,7-8H2,1H3. The van der Waals surface area contributed by atoms with Crippen LogP contribution in [-0.4, -0.2) is 37.5 Å². The lowest BCUT2D eigenvalue weighted by molar-refractivity contribution is 0.0786. The third-order valence-corrected chi connectivity index (χ3v) is 4.40. The van der Waals surface area contributed by atoms with Crippen LogP contribution in [0.25, 0.3) is 0 Å². The third kappa shape index (κ3) is 3.16. The van der Waals surface area contributed by atoms with Gasteiger partial charge in [0.2, 0.25) is 0 Å². The van der Waals surface area contributed by atoms with E-state index in [1.54, 1.807) is 6.07 Å². The van der Waals surface area contributed by atoms with E-state index in [2.05, 4.69) is 27.9 Å². The summed E-state index contributed by atoms with van der Waals surface area (Å²) in [4.78, 5) is 14.3. The summed E-state index contributed by atoms with van der Waals surface area (Å²) >= 11 is 8.14. The molecule has 0 aromatic heterocycles. The third-order valence-electron chi connectivity index (χ3n) is 3.22. The summed E-state index contributed by atoms with van der Waals surface area (Å²) in [6.07, 6.45) is 1.07. The molecule has 1 aromatic rings. The molecule has 0 spiro atoms. The zero-order chi connectivity index (χ0) is 13.1. The van der Waals surface area contributed by atoms with E-state index in [0.29, 0.717) is 16.5 Å². The molecule has 1 aliphatic heterocycles. The number of carbonyl (C=O) groups excluding carboxylic acids is 1. The zero-order valence-corrected chi connectivity index (χ0v) is 13.2. The van der Waals surface area contributed by atoms with Gasteiger partial charge in [0.15, 0.2) is 0 Å². The summed E-state index contributed by atoms with van der Waals surface area (Å²) in [5.74, 6) is 0.663. The van der Waals surface area contributed by atoms with Gasteiger partial charge in [0.1, 0.15) is 0 Å². The van der Waals surface area contributed by atoms with Crippen LogP contribution in [0.5, 0.6) is 0 Å². The maximum Gasteiger partial charge on any atom is 0.254 e. The van der Waals surface area contributed by atoms with Gasteiger partial charge >= 0.3 is 0 Å². The van der Waals surface area contributed by atoms with Crippen LogP contribution >= 0.6 is 34.2 Å². The summed E-state index contributed by atoms with van der Waals surface area (Å²) in [5.41, 5.74) is 0.716. The second-order valence-corrected chi connectivity index (χ2v) is 6.19. The highest BCUT2D eigenvalue weighted by Gasteiger charge is 2.27. The molecular weight excluding hydrogens is 363 g/mol. The molecule has 0 aliphatic carbocycles. The number of halogens is 2. The van der Waals surface area contributed by atoms with Crippen LogP contribution in [-0.2, 0) is 0 Å². The number of hydrogen-bond acceptors (Lipinski definition) is 2. The highest BCUT2D eigenvalue weighted by molar-refractivity contribution is 14.1. The molecule has 5 heteroatoms. The molecule has 98 valence electrons. The Hall–Kier alpha value is -0.330. The van der Waals surface area contributed by atoms with Crippen molar-refractivity contribution in [1.82, 2.24) is 10.2 Å². The van der Waals surface area contributed by atoms with Crippen molar-refractivity contribution in [3.05, 3.63) is 32.4 Å². The molecular formula is C13H16ClIN2O. The second kappa shape index (κ2) is 6.21. The Bertz CT molecular complexity index is 453. The van der Waals surface area contributed by atoms with Gasteiger partial charge in [0.05, 0.1) is 5.56 Å². The molecule has 1 aliphatic rings. The van der Waals surface area contributed by atoms with Crippen LogP contribution in [0.2, 0.25) is 5.02 Å². The van der Waals surface area contributed by atoms with Crippen molar-refractivity contribution in [3.8, 4) is 0 Å². The minimum atomic E-state index is 0.0977. The summed E-state index contributed by atoms with van der Waals surface area (Å²) in [6, 6.07) is 5.46. The number of carbonyl (C=O) groups is 1. The quantitative estimate of drug-likeness (QED) is 0.820. The summed E-state index contributed by atoms with van der Waals surface area (Å²) < 4.78 is 0.957. The van der Waals surface area contributed by atoms with Gasteiger partial charge in [-0.25, -0.2) is 0 Å².